The molecule has 0 bridgehead atoms. The molecule has 1 fully saturated rings. The van der Waals surface area contributed by atoms with E-state index in [1.807, 2.05) is 41.9 Å². The fourth-order valence-corrected chi connectivity index (χ4v) is 5.23. The first-order chi connectivity index (χ1) is 20.1. The number of benzene rings is 2. The molecule has 13 heteroatoms. The van der Waals surface area contributed by atoms with Gasteiger partial charge in [0.1, 0.15) is 6.54 Å². The SMILES string of the molecule is CN1CC/C(=N\c2cccc3c2cc(-c2noc(CNC(=O)c4ccc5c(ccn5C)c4)n2)n3CC(F)(F)F)[C@@H](F)C1. The first-order valence-corrected chi connectivity index (χ1v) is 13.3. The van der Waals surface area contributed by atoms with Gasteiger partial charge in [-0.05, 0) is 49.5 Å². The zero-order chi connectivity index (χ0) is 29.6. The van der Waals surface area contributed by atoms with Crippen molar-refractivity contribution in [1.29, 1.82) is 0 Å². The number of carbonyl (C=O) groups excluding carboxylic acids is 1. The van der Waals surface area contributed by atoms with Gasteiger partial charge in [0, 0.05) is 54.6 Å². The van der Waals surface area contributed by atoms with Crippen molar-refractivity contribution in [3.05, 3.63) is 66.2 Å². The number of fused-ring (bicyclic) bond motifs is 2. The number of hydrogen-bond donors (Lipinski definition) is 1. The Bertz CT molecular complexity index is 1820. The standard InChI is InChI=1S/C29H27F4N7O2/c1-38-10-9-22(20(30)15-38)35-21-4-3-5-24-19(21)13-25(40(24)16-29(31,32)33)27-36-26(42-37-27)14-34-28(41)18-6-7-23-17(12-18)8-11-39(23)2/h3-8,11-13,20H,9-10,14-16H2,1-2H3,(H,34,41)/b35-22+/t20-/m0/s1. The van der Waals surface area contributed by atoms with E-state index in [4.69, 9.17) is 4.52 Å². The molecular formula is C29H27F4N7O2. The lowest BCUT2D eigenvalue weighted by Crippen LogP contribution is -2.39. The molecule has 1 aliphatic rings. The van der Waals surface area contributed by atoms with Crippen LogP contribution in [0, 0.1) is 0 Å². The average molecular weight is 582 g/mol. The number of amides is 1. The van der Waals surface area contributed by atoms with Gasteiger partial charge in [-0.25, -0.2) is 4.39 Å². The van der Waals surface area contributed by atoms with E-state index in [9.17, 15) is 22.4 Å². The lowest BCUT2D eigenvalue weighted by molar-refractivity contribution is -0.139. The van der Waals surface area contributed by atoms with Crippen LogP contribution in [-0.2, 0) is 20.1 Å². The van der Waals surface area contributed by atoms with Gasteiger partial charge < -0.3 is 23.9 Å². The van der Waals surface area contributed by atoms with Crippen LogP contribution in [0.3, 0.4) is 0 Å². The van der Waals surface area contributed by atoms with Crippen molar-refractivity contribution in [3.8, 4) is 11.5 Å². The van der Waals surface area contributed by atoms with E-state index in [0.717, 1.165) is 15.5 Å². The summed E-state index contributed by atoms with van der Waals surface area (Å²) in [6.07, 6.45) is -3.49. The Labute approximate surface area is 237 Å². The fourth-order valence-electron chi connectivity index (χ4n) is 5.23. The second kappa shape index (κ2) is 10.7. The van der Waals surface area contributed by atoms with Gasteiger partial charge >= 0.3 is 6.18 Å². The number of aryl methyl sites for hydroxylation is 1. The summed E-state index contributed by atoms with van der Waals surface area (Å²) in [6.45, 7) is -0.578. The van der Waals surface area contributed by atoms with Gasteiger partial charge in [0.15, 0.2) is 6.17 Å². The molecule has 0 aliphatic carbocycles. The molecule has 1 saturated heterocycles. The quantitative estimate of drug-likeness (QED) is 0.270. The Hall–Kier alpha value is -4.52. The molecule has 2 aromatic carbocycles. The van der Waals surface area contributed by atoms with Gasteiger partial charge in [-0.2, -0.15) is 18.2 Å². The van der Waals surface area contributed by atoms with Crippen molar-refractivity contribution in [3.63, 3.8) is 0 Å². The first-order valence-electron chi connectivity index (χ1n) is 13.3. The summed E-state index contributed by atoms with van der Waals surface area (Å²) in [5.74, 6) is -0.419. The van der Waals surface area contributed by atoms with Crippen LogP contribution < -0.4 is 5.32 Å². The topological polar surface area (TPSA) is 93.5 Å². The maximum atomic E-state index is 14.7. The Kier molecular flexibility index (Phi) is 7.05. The minimum atomic E-state index is -4.54. The zero-order valence-corrected chi connectivity index (χ0v) is 22.8. The zero-order valence-electron chi connectivity index (χ0n) is 22.8. The molecule has 1 N–H and O–H groups in total. The second-order valence-corrected chi connectivity index (χ2v) is 10.4. The van der Waals surface area contributed by atoms with Crippen LogP contribution in [0.25, 0.3) is 33.3 Å². The molecule has 218 valence electrons. The second-order valence-electron chi connectivity index (χ2n) is 10.4. The van der Waals surface area contributed by atoms with E-state index < -0.39 is 18.9 Å². The Morgan fingerprint density at radius 1 is 1.14 bits per heavy atom. The number of piperidine rings is 1. The monoisotopic (exact) mass is 581 g/mol. The van der Waals surface area contributed by atoms with Crippen molar-refractivity contribution in [1.82, 2.24) is 29.5 Å². The number of alkyl halides is 4. The van der Waals surface area contributed by atoms with E-state index >= 15 is 0 Å². The smallest absolute Gasteiger partial charge is 0.351 e. The normalized spacial score (nSPS) is 17.5. The molecule has 1 amide bonds. The molecule has 1 atom stereocenters. The number of nitrogens with zero attached hydrogens (tertiary/aromatic N) is 6. The first kappa shape index (κ1) is 27.6. The lowest BCUT2D eigenvalue weighted by Gasteiger charge is -2.26. The van der Waals surface area contributed by atoms with Crippen LogP contribution in [0.2, 0.25) is 0 Å². The van der Waals surface area contributed by atoms with E-state index in [1.165, 1.54) is 6.07 Å². The van der Waals surface area contributed by atoms with E-state index in [-0.39, 0.29) is 41.9 Å². The molecule has 5 aromatic rings. The largest absolute Gasteiger partial charge is 0.406 e. The summed E-state index contributed by atoms with van der Waals surface area (Å²) in [5, 5.41) is 7.93. The highest BCUT2D eigenvalue weighted by molar-refractivity contribution is 6.00. The molecule has 4 heterocycles. The third-order valence-electron chi connectivity index (χ3n) is 7.35. The van der Waals surface area contributed by atoms with Crippen LogP contribution in [0.1, 0.15) is 22.7 Å². The molecule has 42 heavy (non-hydrogen) atoms. The predicted molar refractivity (Wildman–Crippen MR) is 149 cm³/mol. The Morgan fingerprint density at radius 2 is 1.98 bits per heavy atom. The van der Waals surface area contributed by atoms with E-state index in [0.29, 0.717) is 35.3 Å². The Balaban J connectivity index is 1.28. The third-order valence-corrected chi connectivity index (χ3v) is 7.35. The third kappa shape index (κ3) is 5.51. The van der Waals surface area contributed by atoms with Crippen LogP contribution in [-0.4, -0.2) is 68.3 Å². The summed E-state index contributed by atoms with van der Waals surface area (Å²) < 4.78 is 63.9. The molecule has 3 aromatic heterocycles. The van der Waals surface area contributed by atoms with Crippen molar-refractivity contribution < 1.29 is 26.9 Å². The van der Waals surface area contributed by atoms with Gasteiger partial charge in [-0.3, -0.25) is 9.79 Å². The highest BCUT2D eigenvalue weighted by Crippen LogP contribution is 2.36. The fraction of sp³-hybridized carbons (Fsp3) is 0.310. The highest BCUT2D eigenvalue weighted by atomic mass is 19.4. The van der Waals surface area contributed by atoms with Gasteiger partial charge in [0.25, 0.3) is 5.91 Å². The van der Waals surface area contributed by atoms with Crippen molar-refractivity contribution >= 4 is 39.1 Å². The minimum absolute atomic E-state index is 0.0232. The minimum Gasteiger partial charge on any atom is -0.351 e. The number of aromatic nitrogens is 4. The molecule has 6 rings (SSSR count). The highest BCUT2D eigenvalue weighted by Gasteiger charge is 2.31. The summed E-state index contributed by atoms with van der Waals surface area (Å²) in [7, 11) is 3.73. The van der Waals surface area contributed by atoms with Gasteiger partial charge in [0.2, 0.25) is 11.7 Å². The molecule has 1 aliphatic heterocycles. The van der Waals surface area contributed by atoms with Crippen LogP contribution in [0.15, 0.2) is 64.2 Å². The molecule has 0 radical (unpaired) electrons. The van der Waals surface area contributed by atoms with Gasteiger partial charge in [-0.1, -0.05) is 11.2 Å². The summed E-state index contributed by atoms with van der Waals surface area (Å²) in [5.41, 5.74) is 2.45. The summed E-state index contributed by atoms with van der Waals surface area (Å²) >= 11 is 0. The Morgan fingerprint density at radius 3 is 2.76 bits per heavy atom. The van der Waals surface area contributed by atoms with Gasteiger partial charge in [-0.15, -0.1) is 0 Å². The summed E-state index contributed by atoms with van der Waals surface area (Å²) in [4.78, 5) is 23.4. The maximum Gasteiger partial charge on any atom is 0.406 e. The lowest BCUT2D eigenvalue weighted by atomic mass is 10.1. The number of hydrogen-bond acceptors (Lipinski definition) is 6. The average Bonchev–Trinajstić information content (AvgIpc) is 3.66. The number of aliphatic imine (C=N–C) groups is 1. The van der Waals surface area contributed by atoms with Crippen molar-refractivity contribution in [2.75, 3.05) is 20.1 Å². The molecule has 0 saturated carbocycles. The maximum absolute atomic E-state index is 14.7. The summed E-state index contributed by atoms with van der Waals surface area (Å²) in [6, 6.07) is 13.5. The van der Waals surface area contributed by atoms with E-state index in [2.05, 4.69) is 20.4 Å². The number of halogens is 4. The predicted octanol–water partition coefficient (Wildman–Crippen LogP) is 5.42. The van der Waals surface area contributed by atoms with Crippen LogP contribution in [0.4, 0.5) is 23.2 Å². The van der Waals surface area contributed by atoms with E-state index in [1.54, 1.807) is 30.3 Å². The molecule has 0 unspecified atom stereocenters. The van der Waals surface area contributed by atoms with Crippen molar-refractivity contribution in [2.45, 2.75) is 31.9 Å². The van der Waals surface area contributed by atoms with Crippen LogP contribution in [0.5, 0.6) is 0 Å². The number of carbonyl (C=O) groups is 1. The van der Waals surface area contributed by atoms with Crippen molar-refractivity contribution in [2.24, 2.45) is 12.0 Å². The molecular weight excluding hydrogens is 554 g/mol. The van der Waals surface area contributed by atoms with Gasteiger partial charge in [0.05, 0.1) is 29.2 Å². The molecule has 0 spiro atoms. The number of nitrogens with one attached hydrogen (secondary N) is 1. The number of likely N-dealkylation sites (tertiary alicyclic amines) is 1. The molecule has 9 nitrogen and oxygen atoms in total. The number of rotatable bonds is 6. The van der Waals surface area contributed by atoms with Crippen LogP contribution >= 0.6 is 0 Å².